The summed E-state index contributed by atoms with van der Waals surface area (Å²) in [5.74, 6) is -1.20. The van der Waals surface area contributed by atoms with E-state index >= 15 is 0 Å². The van der Waals surface area contributed by atoms with Gasteiger partial charge in [0.25, 0.3) is 5.97 Å². The molecule has 0 spiro atoms. The normalized spacial score (nSPS) is 11.8. The fourth-order valence-electron chi connectivity index (χ4n) is 0.574. The number of hydrogen-bond acceptors (Lipinski definition) is 1. The van der Waals surface area contributed by atoms with Crippen LogP contribution in [0.1, 0.15) is 26.2 Å². The van der Waals surface area contributed by atoms with Crippen molar-refractivity contribution < 1.29 is 31.0 Å². The molecule has 0 saturated heterocycles. The Morgan fingerprint density at radius 3 is 2.50 bits per heavy atom. The molecule has 0 aromatic rings. The van der Waals surface area contributed by atoms with Crippen molar-refractivity contribution in [3.05, 3.63) is 6.92 Å². The Kier molecular flexibility index (Phi) is 9.30. The Labute approximate surface area is 76.3 Å². The van der Waals surface area contributed by atoms with Crippen molar-refractivity contribution in [2.75, 3.05) is 0 Å². The first kappa shape index (κ1) is 12.8. The molecular formula is C7H13MoO2-. The molecule has 0 heterocycles. The molecule has 0 aliphatic carbocycles. The molecule has 0 aliphatic heterocycles. The molecule has 0 aliphatic rings. The molecule has 0 fully saturated rings. The predicted octanol–water partition coefficient (Wildman–Crippen LogP) is 1.71. The maximum atomic E-state index is 10.1. The van der Waals surface area contributed by atoms with Crippen molar-refractivity contribution >= 4 is 5.97 Å². The zero-order valence-corrected chi connectivity index (χ0v) is 8.18. The molecular weight excluding hydrogens is 212 g/mol. The molecule has 0 rings (SSSR count). The summed E-state index contributed by atoms with van der Waals surface area (Å²) in [6, 6.07) is 0. The number of carbonyl (C=O) groups is 1. The first-order valence-corrected chi connectivity index (χ1v) is 3.24. The van der Waals surface area contributed by atoms with Crippen molar-refractivity contribution in [1.29, 1.82) is 0 Å². The Bertz CT molecular complexity index is 93.6. The van der Waals surface area contributed by atoms with E-state index in [0.717, 1.165) is 12.8 Å². The van der Waals surface area contributed by atoms with Crippen LogP contribution in [0.15, 0.2) is 0 Å². The van der Waals surface area contributed by atoms with Gasteiger partial charge in [-0.05, 0) is 0 Å². The van der Waals surface area contributed by atoms with Crippen LogP contribution in [-0.4, -0.2) is 11.1 Å². The monoisotopic (exact) mass is 227 g/mol. The molecule has 2 nitrogen and oxygen atoms in total. The molecule has 0 bridgehead atoms. The van der Waals surface area contributed by atoms with Gasteiger partial charge in [0.15, 0.2) is 0 Å². The van der Waals surface area contributed by atoms with Crippen LogP contribution in [0.4, 0.5) is 0 Å². The van der Waals surface area contributed by atoms with Gasteiger partial charge in [-0.1, -0.05) is 32.1 Å². The average molecular weight is 225 g/mol. The van der Waals surface area contributed by atoms with E-state index in [9.17, 15) is 4.79 Å². The third-order valence-electron chi connectivity index (χ3n) is 1.26. The summed E-state index contributed by atoms with van der Waals surface area (Å²) in [5, 5.41) is 8.35. The summed E-state index contributed by atoms with van der Waals surface area (Å²) in [5.41, 5.74) is 0. The SMILES string of the molecule is [CH2-]C(CCCC)C(=O)O.[Mo]. The van der Waals surface area contributed by atoms with Crippen LogP contribution in [0, 0.1) is 12.8 Å². The van der Waals surface area contributed by atoms with E-state index in [0.29, 0.717) is 6.42 Å². The second-order valence-corrected chi connectivity index (χ2v) is 2.18. The molecule has 0 radical (unpaired) electrons. The first-order valence-electron chi connectivity index (χ1n) is 3.24. The topological polar surface area (TPSA) is 37.3 Å². The smallest absolute Gasteiger partial charge is 0.275 e. The van der Waals surface area contributed by atoms with E-state index in [1.807, 2.05) is 6.92 Å². The standard InChI is InChI=1S/C7H13O2.Mo/c1-3-4-5-6(2)7(8)9;/h6H,2-5H2,1H3,(H,8,9);/q-1;. The minimum atomic E-state index is -0.788. The van der Waals surface area contributed by atoms with E-state index in [-0.39, 0.29) is 21.1 Å². The fourth-order valence-corrected chi connectivity index (χ4v) is 0.574. The Hall–Kier alpha value is 0.158. The molecule has 0 aromatic carbocycles. The zero-order valence-electron chi connectivity index (χ0n) is 6.17. The summed E-state index contributed by atoms with van der Waals surface area (Å²) < 4.78 is 0. The van der Waals surface area contributed by atoms with Gasteiger partial charge in [0, 0.05) is 21.1 Å². The molecule has 10 heavy (non-hydrogen) atoms. The van der Waals surface area contributed by atoms with E-state index in [4.69, 9.17) is 5.11 Å². The Balaban J connectivity index is 0. The number of unbranched alkanes of at least 4 members (excludes halogenated alkanes) is 1. The van der Waals surface area contributed by atoms with Crippen molar-refractivity contribution in [2.45, 2.75) is 26.2 Å². The minimum absolute atomic E-state index is 0. The van der Waals surface area contributed by atoms with Gasteiger partial charge in [-0.3, -0.25) is 4.79 Å². The quantitative estimate of drug-likeness (QED) is 0.584. The summed E-state index contributed by atoms with van der Waals surface area (Å²) in [4.78, 5) is 10.1. The number of carboxylic acid groups (broad SMARTS) is 1. The summed E-state index contributed by atoms with van der Waals surface area (Å²) >= 11 is 0. The fraction of sp³-hybridized carbons (Fsp3) is 0.714. The molecule has 0 aromatic heterocycles. The second-order valence-electron chi connectivity index (χ2n) is 2.18. The third-order valence-corrected chi connectivity index (χ3v) is 1.26. The largest absolute Gasteiger partial charge is 0.483 e. The van der Waals surface area contributed by atoms with Gasteiger partial charge in [0.1, 0.15) is 0 Å². The van der Waals surface area contributed by atoms with Crippen molar-refractivity contribution in [1.82, 2.24) is 0 Å². The van der Waals surface area contributed by atoms with Crippen LogP contribution >= 0.6 is 0 Å². The number of aliphatic carboxylic acids is 1. The molecule has 60 valence electrons. The van der Waals surface area contributed by atoms with Crippen molar-refractivity contribution in [3.63, 3.8) is 0 Å². The van der Waals surface area contributed by atoms with Gasteiger partial charge >= 0.3 is 0 Å². The van der Waals surface area contributed by atoms with E-state index < -0.39 is 11.9 Å². The van der Waals surface area contributed by atoms with Gasteiger partial charge < -0.3 is 12.0 Å². The third kappa shape index (κ3) is 6.28. The van der Waals surface area contributed by atoms with Crippen LogP contribution in [-0.2, 0) is 25.9 Å². The van der Waals surface area contributed by atoms with E-state index in [2.05, 4.69) is 6.92 Å². The molecule has 1 N–H and O–H groups in total. The van der Waals surface area contributed by atoms with Gasteiger partial charge in [0.05, 0.1) is 0 Å². The van der Waals surface area contributed by atoms with Gasteiger partial charge in [-0.2, -0.15) is 0 Å². The van der Waals surface area contributed by atoms with Gasteiger partial charge in [-0.25, -0.2) is 0 Å². The second kappa shape index (κ2) is 7.27. The van der Waals surface area contributed by atoms with Crippen molar-refractivity contribution in [2.24, 2.45) is 5.92 Å². The molecule has 0 amide bonds. The molecule has 0 saturated carbocycles. The molecule has 3 heteroatoms. The summed E-state index contributed by atoms with van der Waals surface area (Å²) in [6.07, 6.45) is 2.70. The minimum Gasteiger partial charge on any atom is -0.483 e. The maximum Gasteiger partial charge on any atom is 0.275 e. The van der Waals surface area contributed by atoms with Gasteiger partial charge in [0.2, 0.25) is 0 Å². The Morgan fingerprint density at radius 1 is 1.70 bits per heavy atom. The average Bonchev–Trinajstić information content (AvgIpc) is 1.82. The van der Waals surface area contributed by atoms with E-state index in [1.54, 1.807) is 0 Å². The van der Waals surface area contributed by atoms with Crippen LogP contribution in [0.2, 0.25) is 0 Å². The maximum absolute atomic E-state index is 10.1. The molecule has 1 atom stereocenters. The van der Waals surface area contributed by atoms with Crippen LogP contribution in [0.5, 0.6) is 0 Å². The van der Waals surface area contributed by atoms with Crippen LogP contribution in [0.3, 0.4) is 0 Å². The van der Waals surface area contributed by atoms with Crippen LogP contribution < -0.4 is 0 Å². The first-order chi connectivity index (χ1) is 4.18. The molecule has 1 unspecified atom stereocenters. The number of rotatable bonds is 4. The van der Waals surface area contributed by atoms with Crippen LogP contribution in [0.25, 0.3) is 0 Å². The predicted molar refractivity (Wildman–Crippen MR) is 36.0 cm³/mol. The zero-order chi connectivity index (χ0) is 7.28. The van der Waals surface area contributed by atoms with Gasteiger partial charge in [-0.15, -0.1) is 0 Å². The number of hydrogen-bond donors (Lipinski definition) is 1. The number of carboxylic acids is 1. The summed E-state index contributed by atoms with van der Waals surface area (Å²) in [6.45, 7) is 5.51. The Morgan fingerprint density at radius 2 is 2.20 bits per heavy atom. The summed E-state index contributed by atoms with van der Waals surface area (Å²) in [7, 11) is 0. The van der Waals surface area contributed by atoms with Crippen molar-refractivity contribution in [3.8, 4) is 0 Å². The van der Waals surface area contributed by atoms with E-state index in [1.165, 1.54) is 0 Å².